The monoisotopic (exact) mass is 340 g/mol. The molecule has 0 saturated heterocycles. The molecule has 0 aliphatic carbocycles. The summed E-state index contributed by atoms with van der Waals surface area (Å²) in [7, 11) is 0. The van der Waals surface area contributed by atoms with Crippen LogP contribution in [0.3, 0.4) is 0 Å². The Balaban J connectivity index is 2.16. The molecule has 2 aromatic heterocycles. The lowest BCUT2D eigenvalue weighted by Gasteiger charge is -2.05. The fourth-order valence-corrected chi connectivity index (χ4v) is 2.74. The number of nitrogens with one attached hydrogen (secondary N) is 1. The summed E-state index contributed by atoms with van der Waals surface area (Å²) < 4.78 is 4.97. The molecule has 0 radical (unpaired) electrons. The average molecular weight is 341 g/mol. The molecule has 0 bridgehead atoms. The lowest BCUT2D eigenvalue weighted by atomic mass is 10.3. The maximum absolute atomic E-state index is 4.60. The molecule has 0 aliphatic heterocycles. The summed E-state index contributed by atoms with van der Waals surface area (Å²) in [4.78, 5) is 4.31. The first-order valence-corrected chi connectivity index (χ1v) is 7.81. The molecule has 7 heteroatoms. The molecule has 2 aromatic rings. The lowest BCUT2D eigenvalue weighted by molar-refractivity contribution is 0.566. The fourth-order valence-electron chi connectivity index (χ4n) is 2.05. The van der Waals surface area contributed by atoms with Crippen molar-refractivity contribution >= 4 is 15.9 Å². The van der Waals surface area contributed by atoms with Crippen LogP contribution >= 0.6 is 15.9 Å². The molecule has 0 fully saturated rings. The van der Waals surface area contributed by atoms with Gasteiger partial charge in [-0.3, -0.25) is 4.68 Å². The third-order valence-electron chi connectivity index (χ3n) is 3.12. The largest absolute Gasteiger partial charge is 0.310 e. The van der Waals surface area contributed by atoms with Gasteiger partial charge < -0.3 is 5.32 Å². The molecule has 110 valence electrons. The van der Waals surface area contributed by atoms with E-state index >= 15 is 0 Å². The summed E-state index contributed by atoms with van der Waals surface area (Å²) in [6, 6.07) is 0. The van der Waals surface area contributed by atoms with Crippen molar-refractivity contribution in [3.63, 3.8) is 0 Å². The molecule has 0 saturated carbocycles. The highest BCUT2D eigenvalue weighted by Crippen LogP contribution is 2.22. The van der Waals surface area contributed by atoms with Gasteiger partial charge in [-0.15, -0.1) is 0 Å². The van der Waals surface area contributed by atoms with E-state index in [9.17, 15) is 0 Å². The SMILES string of the molecule is CCNCc1ncn(Cc2c(Br)c(CC)nn2CC)n1. The van der Waals surface area contributed by atoms with Crippen LogP contribution < -0.4 is 5.32 Å². The Labute approximate surface area is 127 Å². The maximum Gasteiger partial charge on any atom is 0.164 e. The molecular weight excluding hydrogens is 320 g/mol. The van der Waals surface area contributed by atoms with Gasteiger partial charge in [0.1, 0.15) is 6.33 Å². The van der Waals surface area contributed by atoms with Crippen LogP contribution in [0.5, 0.6) is 0 Å². The first-order chi connectivity index (χ1) is 9.69. The van der Waals surface area contributed by atoms with Gasteiger partial charge in [-0.2, -0.15) is 10.2 Å². The number of nitrogens with zero attached hydrogens (tertiary/aromatic N) is 5. The van der Waals surface area contributed by atoms with Gasteiger partial charge >= 0.3 is 0 Å². The van der Waals surface area contributed by atoms with Gasteiger partial charge in [-0.25, -0.2) is 9.67 Å². The van der Waals surface area contributed by atoms with Crippen molar-refractivity contribution in [1.82, 2.24) is 29.9 Å². The third kappa shape index (κ3) is 3.27. The van der Waals surface area contributed by atoms with E-state index in [0.717, 1.165) is 41.2 Å². The molecule has 0 unspecified atom stereocenters. The summed E-state index contributed by atoms with van der Waals surface area (Å²) >= 11 is 3.65. The topological polar surface area (TPSA) is 60.6 Å². The quantitative estimate of drug-likeness (QED) is 0.837. The first kappa shape index (κ1) is 15.2. The van der Waals surface area contributed by atoms with Crippen molar-refractivity contribution in [1.29, 1.82) is 0 Å². The molecule has 2 heterocycles. The molecule has 0 atom stereocenters. The number of hydrogen-bond donors (Lipinski definition) is 1. The van der Waals surface area contributed by atoms with Crippen LogP contribution in [0.2, 0.25) is 0 Å². The standard InChI is InChI=1S/C13H21BrN6/c1-4-10-13(14)11(20(6-3)17-10)8-19-9-16-12(18-19)7-15-5-2/h9,15H,4-8H2,1-3H3. The van der Waals surface area contributed by atoms with Crippen molar-refractivity contribution < 1.29 is 0 Å². The number of halogens is 1. The van der Waals surface area contributed by atoms with Gasteiger partial charge in [0.15, 0.2) is 5.82 Å². The Morgan fingerprint density at radius 2 is 2.05 bits per heavy atom. The molecule has 0 spiro atoms. The van der Waals surface area contributed by atoms with E-state index in [-0.39, 0.29) is 0 Å². The Morgan fingerprint density at radius 1 is 1.25 bits per heavy atom. The Morgan fingerprint density at radius 3 is 2.70 bits per heavy atom. The molecule has 6 nitrogen and oxygen atoms in total. The van der Waals surface area contributed by atoms with Crippen LogP contribution in [0.25, 0.3) is 0 Å². The summed E-state index contributed by atoms with van der Waals surface area (Å²) in [5, 5.41) is 12.3. The summed E-state index contributed by atoms with van der Waals surface area (Å²) in [6.07, 6.45) is 2.70. The zero-order valence-electron chi connectivity index (χ0n) is 12.2. The van der Waals surface area contributed by atoms with Crippen molar-refractivity contribution in [3.05, 3.63) is 28.0 Å². The third-order valence-corrected chi connectivity index (χ3v) is 4.04. The van der Waals surface area contributed by atoms with Crippen molar-refractivity contribution in [2.75, 3.05) is 6.54 Å². The highest BCUT2D eigenvalue weighted by molar-refractivity contribution is 9.10. The minimum absolute atomic E-state index is 0.681. The average Bonchev–Trinajstić information content (AvgIpc) is 3.03. The van der Waals surface area contributed by atoms with Crippen molar-refractivity contribution in [3.8, 4) is 0 Å². The second kappa shape index (κ2) is 6.99. The zero-order valence-corrected chi connectivity index (χ0v) is 13.8. The van der Waals surface area contributed by atoms with E-state index in [2.05, 4.69) is 57.2 Å². The zero-order chi connectivity index (χ0) is 14.5. The van der Waals surface area contributed by atoms with Crippen LogP contribution in [-0.2, 0) is 26.1 Å². The second-order valence-corrected chi connectivity index (χ2v) is 5.31. The molecule has 0 aliphatic rings. The molecule has 2 rings (SSSR count). The van der Waals surface area contributed by atoms with Gasteiger partial charge in [0.05, 0.1) is 29.0 Å². The van der Waals surface area contributed by atoms with E-state index in [0.29, 0.717) is 13.1 Å². The Hall–Kier alpha value is -1.21. The van der Waals surface area contributed by atoms with Crippen LogP contribution in [0.4, 0.5) is 0 Å². The van der Waals surface area contributed by atoms with E-state index in [1.54, 1.807) is 6.33 Å². The van der Waals surface area contributed by atoms with Gasteiger partial charge in [0.25, 0.3) is 0 Å². The van der Waals surface area contributed by atoms with Crippen LogP contribution in [0, 0.1) is 0 Å². The molecule has 20 heavy (non-hydrogen) atoms. The van der Waals surface area contributed by atoms with Crippen LogP contribution in [-0.4, -0.2) is 31.1 Å². The molecule has 0 aromatic carbocycles. The van der Waals surface area contributed by atoms with Crippen LogP contribution in [0.1, 0.15) is 38.0 Å². The van der Waals surface area contributed by atoms with Gasteiger partial charge in [0, 0.05) is 6.54 Å². The van der Waals surface area contributed by atoms with E-state index in [4.69, 9.17) is 0 Å². The Kier molecular flexibility index (Phi) is 5.31. The van der Waals surface area contributed by atoms with E-state index < -0.39 is 0 Å². The van der Waals surface area contributed by atoms with E-state index in [1.807, 2.05) is 9.36 Å². The minimum atomic E-state index is 0.681. The smallest absolute Gasteiger partial charge is 0.164 e. The minimum Gasteiger partial charge on any atom is -0.310 e. The summed E-state index contributed by atoms with van der Waals surface area (Å²) in [6.45, 7) is 9.44. The lowest BCUT2D eigenvalue weighted by Crippen LogP contribution is -2.14. The number of aromatic nitrogens is 5. The highest BCUT2D eigenvalue weighted by atomic mass is 79.9. The van der Waals surface area contributed by atoms with Gasteiger partial charge in [-0.1, -0.05) is 13.8 Å². The molecular formula is C13H21BrN6. The number of rotatable bonds is 7. The normalized spacial score (nSPS) is 11.2. The van der Waals surface area contributed by atoms with Crippen molar-refractivity contribution in [2.24, 2.45) is 0 Å². The predicted octanol–water partition coefficient (Wildman–Crippen LogP) is 1.98. The number of aryl methyl sites for hydroxylation is 2. The molecule has 1 N–H and O–H groups in total. The second-order valence-electron chi connectivity index (χ2n) is 4.52. The Bertz CT molecular complexity index is 559. The highest BCUT2D eigenvalue weighted by Gasteiger charge is 2.14. The first-order valence-electron chi connectivity index (χ1n) is 7.02. The number of hydrogen-bond acceptors (Lipinski definition) is 4. The van der Waals surface area contributed by atoms with Gasteiger partial charge in [0.2, 0.25) is 0 Å². The predicted molar refractivity (Wildman–Crippen MR) is 81.5 cm³/mol. The maximum atomic E-state index is 4.60. The fraction of sp³-hybridized carbons (Fsp3) is 0.615. The summed E-state index contributed by atoms with van der Waals surface area (Å²) in [5.74, 6) is 0.821. The van der Waals surface area contributed by atoms with E-state index in [1.165, 1.54) is 0 Å². The molecule has 0 amide bonds. The van der Waals surface area contributed by atoms with Crippen molar-refractivity contribution in [2.45, 2.75) is 46.8 Å². The van der Waals surface area contributed by atoms with Gasteiger partial charge in [-0.05, 0) is 35.8 Å². The van der Waals surface area contributed by atoms with Crippen LogP contribution in [0.15, 0.2) is 10.8 Å². The summed E-state index contributed by atoms with van der Waals surface area (Å²) in [5.41, 5.74) is 2.24.